The van der Waals surface area contributed by atoms with E-state index in [9.17, 15) is 0 Å². The monoisotopic (exact) mass is 168 g/mol. The van der Waals surface area contributed by atoms with Crippen molar-refractivity contribution in [2.45, 2.75) is 52.9 Å². The highest BCUT2D eigenvalue weighted by Gasteiger charge is 2.16. The fraction of sp³-hybridized carbons (Fsp3) is 0.833. The van der Waals surface area contributed by atoms with Gasteiger partial charge in [-0.05, 0) is 24.7 Å². The van der Waals surface area contributed by atoms with Crippen LogP contribution in [0.1, 0.15) is 52.9 Å². The van der Waals surface area contributed by atoms with Crippen molar-refractivity contribution in [3.05, 3.63) is 12.7 Å². The molecule has 1 atom stereocenters. The molecule has 0 radical (unpaired) electrons. The van der Waals surface area contributed by atoms with Gasteiger partial charge in [0, 0.05) is 0 Å². The van der Waals surface area contributed by atoms with Gasteiger partial charge in [-0.2, -0.15) is 0 Å². The summed E-state index contributed by atoms with van der Waals surface area (Å²) in [6, 6.07) is 0. The Morgan fingerprint density at radius 3 is 2.08 bits per heavy atom. The molecule has 12 heavy (non-hydrogen) atoms. The fourth-order valence-electron chi connectivity index (χ4n) is 1.85. The number of hydrogen-bond donors (Lipinski definition) is 0. The Hall–Kier alpha value is -0.260. The zero-order valence-corrected chi connectivity index (χ0v) is 8.97. The Labute approximate surface area is 78.1 Å². The lowest BCUT2D eigenvalue weighted by Crippen LogP contribution is -2.12. The van der Waals surface area contributed by atoms with Crippen molar-refractivity contribution in [3.8, 4) is 0 Å². The molecule has 1 rings (SSSR count). The second-order valence-corrected chi connectivity index (χ2v) is 3.49. The van der Waals surface area contributed by atoms with Crippen molar-refractivity contribution in [1.29, 1.82) is 0 Å². The first-order valence-electron chi connectivity index (χ1n) is 5.47. The molecule has 0 aromatic rings. The predicted molar refractivity (Wildman–Crippen MR) is 57.3 cm³/mol. The second kappa shape index (κ2) is 7.39. The zero-order chi connectivity index (χ0) is 9.40. The quantitative estimate of drug-likeness (QED) is 0.536. The molecule has 1 fully saturated rings. The minimum absolute atomic E-state index is 0.750. The summed E-state index contributed by atoms with van der Waals surface area (Å²) >= 11 is 0. The molecule has 1 unspecified atom stereocenters. The average Bonchev–Trinajstić information content (AvgIpc) is 2.21. The normalized spacial score (nSPS) is 20.6. The van der Waals surface area contributed by atoms with E-state index in [2.05, 4.69) is 19.6 Å². The van der Waals surface area contributed by atoms with E-state index in [-0.39, 0.29) is 0 Å². The number of rotatable bonds is 2. The van der Waals surface area contributed by atoms with Gasteiger partial charge in [0.1, 0.15) is 0 Å². The molecule has 1 aliphatic rings. The first-order chi connectivity index (χ1) is 5.84. The highest BCUT2D eigenvalue weighted by molar-refractivity contribution is 4.82. The van der Waals surface area contributed by atoms with E-state index >= 15 is 0 Å². The van der Waals surface area contributed by atoms with E-state index in [0.717, 1.165) is 11.8 Å². The molecule has 0 amide bonds. The van der Waals surface area contributed by atoms with Crippen molar-refractivity contribution >= 4 is 0 Å². The molecule has 1 saturated carbocycles. The van der Waals surface area contributed by atoms with Gasteiger partial charge in [-0.15, -0.1) is 6.58 Å². The molecule has 0 aromatic heterocycles. The summed E-state index contributed by atoms with van der Waals surface area (Å²) in [5.41, 5.74) is 0. The topological polar surface area (TPSA) is 0 Å². The Morgan fingerprint density at radius 1 is 1.17 bits per heavy atom. The Bertz CT molecular complexity index is 98.6. The number of allylic oxidation sites excluding steroid dienone is 1. The summed E-state index contributed by atoms with van der Waals surface area (Å²) in [4.78, 5) is 0. The third-order valence-electron chi connectivity index (χ3n) is 2.77. The molecule has 0 aromatic carbocycles. The van der Waals surface area contributed by atoms with E-state index in [1.54, 1.807) is 0 Å². The van der Waals surface area contributed by atoms with Crippen LogP contribution in [0, 0.1) is 11.8 Å². The molecule has 0 spiro atoms. The van der Waals surface area contributed by atoms with Crippen LogP contribution in [0.4, 0.5) is 0 Å². The molecule has 1 aliphatic carbocycles. The van der Waals surface area contributed by atoms with Gasteiger partial charge in [-0.3, -0.25) is 0 Å². The lowest BCUT2D eigenvalue weighted by atomic mass is 9.81. The molecule has 0 N–H and O–H groups in total. The van der Waals surface area contributed by atoms with Crippen LogP contribution >= 0.6 is 0 Å². The maximum absolute atomic E-state index is 3.84. The summed E-state index contributed by atoms with van der Waals surface area (Å²) in [7, 11) is 0. The van der Waals surface area contributed by atoms with Gasteiger partial charge in [0.25, 0.3) is 0 Å². The molecule has 0 bridgehead atoms. The van der Waals surface area contributed by atoms with Gasteiger partial charge in [0.15, 0.2) is 0 Å². The van der Waals surface area contributed by atoms with Crippen molar-refractivity contribution < 1.29 is 0 Å². The van der Waals surface area contributed by atoms with Crippen LogP contribution in [0.25, 0.3) is 0 Å². The molecule has 72 valence electrons. The third kappa shape index (κ3) is 3.94. The molecule has 0 heterocycles. The largest absolute Gasteiger partial charge is 0.103 e. The second-order valence-electron chi connectivity index (χ2n) is 3.49. The minimum atomic E-state index is 0.750. The fourth-order valence-corrected chi connectivity index (χ4v) is 1.85. The standard InChI is InChI=1S/C10H18.C2H6/c1-3-9(2)10-7-5-4-6-8-10;1-2/h3,9-10H,1,4-8H2,2H3;1-2H3. The molecule has 0 heteroatoms. The molecular formula is C12H24. The maximum atomic E-state index is 3.84. The summed E-state index contributed by atoms with van der Waals surface area (Å²) in [6.07, 6.45) is 9.34. The number of hydrogen-bond acceptors (Lipinski definition) is 0. The minimum Gasteiger partial charge on any atom is -0.103 e. The lowest BCUT2D eigenvalue weighted by molar-refractivity contribution is 0.300. The predicted octanol–water partition coefficient (Wildman–Crippen LogP) is 4.42. The van der Waals surface area contributed by atoms with Crippen molar-refractivity contribution in [1.82, 2.24) is 0 Å². The Kier molecular flexibility index (Phi) is 7.23. The lowest BCUT2D eigenvalue weighted by Gasteiger charge is -2.25. The Balaban J connectivity index is 0.000000561. The average molecular weight is 168 g/mol. The van der Waals surface area contributed by atoms with Crippen LogP contribution in [0.15, 0.2) is 12.7 Å². The maximum Gasteiger partial charge on any atom is -0.0236 e. The smallest absolute Gasteiger partial charge is 0.0236 e. The molecule has 0 nitrogen and oxygen atoms in total. The molecule has 0 aliphatic heterocycles. The third-order valence-corrected chi connectivity index (χ3v) is 2.77. The first kappa shape index (κ1) is 11.7. The van der Waals surface area contributed by atoms with Gasteiger partial charge >= 0.3 is 0 Å². The summed E-state index contributed by atoms with van der Waals surface area (Å²) in [5.74, 6) is 1.70. The van der Waals surface area contributed by atoms with Crippen LogP contribution in [0.5, 0.6) is 0 Å². The van der Waals surface area contributed by atoms with E-state index in [1.165, 1.54) is 32.1 Å². The summed E-state index contributed by atoms with van der Waals surface area (Å²) in [6.45, 7) is 10.1. The van der Waals surface area contributed by atoms with Crippen molar-refractivity contribution in [2.75, 3.05) is 0 Å². The van der Waals surface area contributed by atoms with Gasteiger partial charge in [0.2, 0.25) is 0 Å². The SMILES string of the molecule is C=CC(C)C1CCCCC1.CC. The van der Waals surface area contributed by atoms with Crippen LogP contribution in [0.2, 0.25) is 0 Å². The van der Waals surface area contributed by atoms with Crippen LogP contribution in [-0.4, -0.2) is 0 Å². The van der Waals surface area contributed by atoms with Crippen molar-refractivity contribution in [3.63, 3.8) is 0 Å². The van der Waals surface area contributed by atoms with E-state index in [1.807, 2.05) is 13.8 Å². The van der Waals surface area contributed by atoms with Crippen molar-refractivity contribution in [2.24, 2.45) is 11.8 Å². The van der Waals surface area contributed by atoms with Gasteiger partial charge < -0.3 is 0 Å². The van der Waals surface area contributed by atoms with Crippen LogP contribution in [0.3, 0.4) is 0 Å². The van der Waals surface area contributed by atoms with E-state index in [0.29, 0.717) is 0 Å². The van der Waals surface area contributed by atoms with E-state index in [4.69, 9.17) is 0 Å². The summed E-state index contributed by atoms with van der Waals surface area (Å²) in [5, 5.41) is 0. The van der Waals surface area contributed by atoms with Gasteiger partial charge in [-0.1, -0.05) is 46.1 Å². The van der Waals surface area contributed by atoms with Gasteiger partial charge in [0.05, 0.1) is 0 Å². The van der Waals surface area contributed by atoms with Crippen LogP contribution < -0.4 is 0 Å². The summed E-state index contributed by atoms with van der Waals surface area (Å²) < 4.78 is 0. The highest BCUT2D eigenvalue weighted by Crippen LogP contribution is 2.29. The van der Waals surface area contributed by atoms with Crippen LogP contribution in [-0.2, 0) is 0 Å². The Morgan fingerprint density at radius 2 is 1.67 bits per heavy atom. The van der Waals surface area contributed by atoms with Gasteiger partial charge in [-0.25, -0.2) is 0 Å². The first-order valence-corrected chi connectivity index (χ1v) is 5.47. The molecular weight excluding hydrogens is 144 g/mol. The molecule has 0 saturated heterocycles. The zero-order valence-electron chi connectivity index (χ0n) is 8.97. The van der Waals surface area contributed by atoms with E-state index < -0.39 is 0 Å². The highest BCUT2D eigenvalue weighted by atomic mass is 14.2.